The smallest absolute Gasteiger partial charge is 0.241 e. The number of amides is 1. The highest BCUT2D eigenvalue weighted by atomic mass is 16.5. The Morgan fingerprint density at radius 2 is 1.89 bits per heavy atom. The predicted molar refractivity (Wildman–Crippen MR) is 78.6 cm³/mol. The van der Waals surface area contributed by atoms with Crippen LogP contribution in [0.3, 0.4) is 0 Å². The third-order valence-electron chi connectivity index (χ3n) is 2.80. The molecule has 19 heavy (non-hydrogen) atoms. The molecule has 0 heterocycles. The third kappa shape index (κ3) is 4.81. The Kier molecular flexibility index (Phi) is 6.19. The van der Waals surface area contributed by atoms with Crippen LogP contribution in [0.15, 0.2) is 24.3 Å². The van der Waals surface area contributed by atoms with Gasteiger partial charge in [-0.2, -0.15) is 0 Å². The summed E-state index contributed by atoms with van der Waals surface area (Å²) < 4.78 is 5.70. The van der Waals surface area contributed by atoms with Crippen LogP contribution in [0.25, 0.3) is 0 Å². The van der Waals surface area contributed by atoms with E-state index in [-0.39, 0.29) is 12.0 Å². The summed E-state index contributed by atoms with van der Waals surface area (Å²) in [5.74, 6) is 0.884. The molecule has 0 unspecified atom stereocenters. The number of hydrogen-bond donors (Lipinski definition) is 1. The molecule has 0 atom stereocenters. The minimum atomic E-state index is 0.101. The van der Waals surface area contributed by atoms with E-state index in [1.165, 1.54) is 0 Å². The number of nitrogens with zero attached hydrogens (tertiary/aromatic N) is 1. The molecule has 1 rings (SSSR count). The molecule has 0 aliphatic rings. The van der Waals surface area contributed by atoms with E-state index in [0.29, 0.717) is 6.54 Å². The summed E-state index contributed by atoms with van der Waals surface area (Å²) in [6.07, 6.45) is 0.112. The average Bonchev–Trinajstić information content (AvgIpc) is 2.38. The molecule has 4 heteroatoms. The van der Waals surface area contributed by atoms with Crippen molar-refractivity contribution >= 4 is 11.6 Å². The van der Waals surface area contributed by atoms with Gasteiger partial charge in [0.1, 0.15) is 5.75 Å². The van der Waals surface area contributed by atoms with Crippen molar-refractivity contribution < 1.29 is 9.53 Å². The standard InChI is InChI=1S/C15H24N2O2/c1-5-17(6-2)15(18)11-16-13-9-7-8-10-14(13)19-12(3)4/h7-10,12,16H,5-6,11H2,1-4H3. The molecular weight excluding hydrogens is 240 g/mol. The number of ether oxygens (including phenoxy) is 1. The topological polar surface area (TPSA) is 41.6 Å². The molecule has 0 aliphatic carbocycles. The van der Waals surface area contributed by atoms with Gasteiger partial charge in [-0.25, -0.2) is 0 Å². The van der Waals surface area contributed by atoms with E-state index in [0.717, 1.165) is 24.5 Å². The first-order chi connectivity index (χ1) is 9.08. The fourth-order valence-electron chi connectivity index (χ4n) is 1.83. The van der Waals surface area contributed by atoms with E-state index >= 15 is 0 Å². The first-order valence-electron chi connectivity index (χ1n) is 6.85. The number of para-hydroxylation sites is 2. The van der Waals surface area contributed by atoms with Crippen molar-refractivity contribution in [2.75, 3.05) is 25.0 Å². The number of carbonyl (C=O) groups excluding carboxylic acids is 1. The molecule has 1 aromatic rings. The van der Waals surface area contributed by atoms with Crippen molar-refractivity contribution in [1.29, 1.82) is 0 Å². The highest BCUT2D eigenvalue weighted by Crippen LogP contribution is 2.24. The van der Waals surface area contributed by atoms with Crippen LogP contribution in [0.2, 0.25) is 0 Å². The van der Waals surface area contributed by atoms with Crippen molar-refractivity contribution in [3.8, 4) is 5.75 Å². The van der Waals surface area contributed by atoms with E-state index in [9.17, 15) is 4.79 Å². The zero-order chi connectivity index (χ0) is 14.3. The maximum Gasteiger partial charge on any atom is 0.241 e. The Morgan fingerprint density at radius 1 is 1.26 bits per heavy atom. The van der Waals surface area contributed by atoms with E-state index in [4.69, 9.17) is 4.74 Å². The Hall–Kier alpha value is -1.71. The third-order valence-corrected chi connectivity index (χ3v) is 2.80. The first kappa shape index (κ1) is 15.3. The average molecular weight is 264 g/mol. The maximum atomic E-state index is 11.9. The molecule has 0 aliphatic heterocycles. The lowest BCUT2D eigenvalue weighted by Gasteiger charge is -2.20. The molecule has 1 aromatic carbocycles. The summed E-state index contributed by atoms with van der Waals surface area (Å²) >= 11 is 0. The van der Waals surface area contributed by atoms with Crippen LogP contribution < -0.4 is 10.1 Å². The second kappa shape index (κ2) is 7.67. The lowest BCUT2D eigenvalue weighted by molar-refractivity contribution is -0.128. The number of rotatable bonds is 7. The summed E-state index contributed by atoms with van der Waals surface area (Å²) in [6, 6.07) is 7.68. The Bertz CT molecular complexity index is 401. The van der Waals surface area contributed by atoms with Gasteiger partial charge in [0.2, 0.25) is 5.91 Å². The predicted octanol–water partition coefficient (Wildman–Crippen LogP) is 2.75. The van der Waals surface area contributed by atoms with Crippen molar-refractivity contribution in [2.24, 2.45) is 0 Å². The number of nitrogens with one attached hydrogen (secondary N) is 1. The summed E-state index contributed by atoms with van der Waals surface area (Å²) in [5, 5.41) is 3.15. The van der Waals surface area contributed by atoms with E-state index in [1.54, 1.807) is 4.90 Å². The van der Waals surface area contributed by atoms with Crippen LogP contribution in [0.4, 0.5) is 5.69 Å². The summed E-state index contributed by atoms with van der Waals surface area (Å²) in [6.45, 7) is 9.70. The number of anilines is 1. The minimum Gasteiger partial charge on any atom is -0.489 e. The molecule has 0 fully saturated rings. The van der Waals surface area contributed by atoms with Gasteiger partial charge < -0.3 is 15.0 Å². The van der Waals surface area contributed by atoms with Crippen molar-refractivity contribution in [3.05, 3.63) is 24.3 Å². The highest BCUT2D eigenvalue weighted by molar-refractivity contribution is 5.81. The number of carbonyl (C=O) groups is 1. The van der Waals surface area contributed by atoms with Gasteiger partial charge in [-0.3, -0.25) is 4.79 Å². The molecule has 0 bridgehead atoms. The summed E-state index contributed by atoms with van der Waals surface area (Å²) in [4.78, 5) is 13.7. The molecule has 1 N–H and O–H groups in total. The Balaban J connectivity index is 2.64. The SMILES string of the molecule is CCN(CC)C(=O)CNc1ccccc1OC(C)C. The van der Waals surface area contributed by atoms with Gasteiger partial charge in [0, 0.05) is 13.1 Å². The lowest BCUT2D eigenvalue weighted by atomic mass is 10.3. The van der Waals surface area contributed by atoms with Crippen LogP contribution in [0.5, 0.6) is 5.75 Å². The molecule has 1 amide bonds. The molecule has 106 valence electrons. The summed E-state index contributed by atoms with van der Waals surface area (Å²) in [7, 11) is 0. The number of hydrogen-bond acceptors (Lipinski definition) is 3. The minimum absolute atomic E-state index is 0.101. The number of benzene rings is 1. The van der Waals surface area contributed by atoms with Gasteiger partial charge in [0.25, 0.3) is 0 Å². The normalized spacial score (nSPS) is 10.4. The monoisotopic (exact) mass is 264 g/mol. The van der Waals surface area contributed by atoms with E-state index < -0.39 is 0 Å². The van der Waals surface area contributed by atoms with Gasteiger partial charge in [-0.15, -0.1) is 0 Å². The van der Waals surface area contributed by atoms with Gasteiger partial charge in [-0.05, 0) is 39.8 Å². The van der Waals surface area contributed by atoms with Crippen LogP contribution in [-0.2, 0) is 4.79 Å². The van der Waals surface area contributed by atoms with Crippen molar-refractivity contribution in [3.63, 3.8) is 0 Å². The van der Waals surface area contributed by atoms with Crippen LogP contribution in [0, 0.1) is 0 Å². The molecular formula is C15H24N2O2. The first-order valence-corrected chi connectivity index (χ1v) is 6.85. The van der Waals surface area contributed by atoms with Gasteiger partial charge >= 0.3 is 0 Å². The Morgan fingerprint density at radius 3 is 2.47 bits per heavy atom. The van der Waals surface area contributed by atoms with Gasteiger partial charge in [0.15, 0.2) is 0 Å². The lowest BCUT2D eigenvalue weighted by Crippen LogP contribution is -2.35. The molecule has 0 aromatic heterocycles. The maximum absolute atomic E-state index is 11.9. The Labute approximate surface area is 115 Å². The molecule has 0 spiro atoms. The fourth-order valence-corrected chi connectivity index (χ4v) is 1.83. The van der Waals surface area contributed by atoms with E-state index in [2.05, 4.69) is 5.32 Å². The number of likely N-dealkylation sites (N-methyl/N-ethyl adjacent to an activating group) is 1. The van der Waals surface area contributed by atoms with E-state index in [1.807, 2.05) is 52.0 Å². The summed E-state index contributed by atoms with van der Waals surface area (Å²) in [5.41, 5.74) is 0.858. The molecule has 4 nitrogen and oxygen atoms in total. The second-order valence-corrected chi connectivity index (χ2v) is 4.58. The fraction of sp³-hybridized carbons (Fsp3) is 0.533. The van der Waals surface area contributed by atoms with Crippen molar-refractivity contribution in [2.45, 2.75) is 33.8 Å². The van der Waals surface area contributed by atoms with Crippen LogP contribution >= 0.6 is 0 Å². The van der Waals surface area contributed by atoms with Gasteiger partial charge in [0.05, 0.1) is 18.3 Å². The second-order valence-electron chi connectivity index (χ2n) is 4.58. The van der Waals surface area contributed by atoms with Gasteiger partial charge in [-0.1, -0.05) is 12.1 Å². The van der Waals surface area contributed by atoms with Crippen LogP contribution in [-0.4, -0.2) is 36.5 Å². The largest absolute Gasteiger partial charge is 0.489 e. The zero-order valence-corrected chi connectivity index (χ0v) is 12.3. The quantitative estimate of drug-likeness (QED) is 0.823. The zero-order valence-electron chi connectivity index (χ0n) is 12.3. The molecule has 0 saturated heterocycles. The van der Waals surface area contributed by atoms with Crippen molar-refractivity contribution in [1.82, 2.24) is 4.90 Å². The molecule has 0 radical (unpaired) electrons. The van der Waals surface area contributed by atoms with Crippen LogP contribution in [0.1, 0.15) is 27.7 Å². The molecule has 0 saturated carbocycles. The highest BCUT2D eigenvalue weighted by Gasteiger charge is 2.10.